The van der Waals surface area contributed by atoms with Crippen molar-refractivity contribution in [1.82, 2.24) is 0 Å². The van der Waals surface area contributed by atoms with Crippen LogP contribution in [0, 0.1) is 20.8 Å². The second-order valence-corrected chi connectivity index (χ2v) is 10.00. The zero-order valence-corrected chi connectivity index (χ0v) is 22.1. The molecule has 0 nitrogen and oxygen atoms in total. The number of aryl methyl sites for hydroxylation is 1. The van der Waals surface area contributed by atoms with Gasteiger partial charge in [-0.25, -0.2) is 0 Å². The van der Waals surface area contributed by atoms with Gasteiger partial charge in [-0.1, -0.05) is 64.3 Å². The van der Waals surface area contributed by atoms with Gasteiger partial charge in [-0.05, 0) is 27.2 Å². The molecule has 3 aromatic carbocycles. The zero-order valence-electron chi connectivity index (χ0n) is 18.1. The Balaban J connectivity index is 0.000000307. The van der Waals surface area contributed by atoms with Crippen LogP contribution in [0.4, 0.5) is 0 Å². The van der Waals surface area contributed by atoms with Gasteiger partial charge in [-0.15, -0.1) is 33.7 Å². The van der Waals surface area contributed by atoms with E-state index in [1.807, 2.05) is 0 Å². The molecule has 2 aliphatic carbocycles. The van der Waals surface area contributed by atoms with Gasteiger partial charge in [-0.3, -0.25) is 0 Å². The van der Waals surface area contributed by atoms with E-state index in [9.17, 15) is 0 Å². The van der Waals surface area contributed by atoms with E-state index in [0.717, 1.165) is 6.42 Å². The second-order valence-electron chi connectivity index (χ2n) is 8.26. The molecule has 1 fully saturated rings. The molecular formula is C27H29Cl2Zr-. The van der Waals surface area contributed by atoms with Gasteiger partial charge in [0.2, 0.25) is 0 Å². The fourth-order valence-electron chi connectivity index (χ4n) is 4.71. The van der Waals surface area contributed by atoms with E-state index >= 15 is 0 Å². The number of hydrogen-bond donors (Lipinski definition) is 0. The van der Waals surface area contributed by atoms with Crippen molar-refractivity contribution in [1.29, 1.82) is 0 Å². The quantitative estimate of drug-likeness (QED) is 0.433. The van der Waals surface area contributed by atoms with Gasteiger partial charge in [0, 0.05) is 0 Å². The first-order valence-electron chi connectivity index (χ1n) is 10.6. The Bertz CT molecular complexity index is 1110. The van der Waals surface area contributed by atoms with E-state index in [2.05, 4.69) is 69.3 Å². The molecule has 0 bridgehead atoms. The fourth-order valence-corrected chi connectivity index (χ4v) is 5.58. The summed E-state index contributed by atoms with van der Waals surface area (Å²) in [7, 11) is 0. The minimum atomic E-state index is 0. The van der Waals surface area contributed by atoms with Crippen molar-refractivity contribution in [3.8, 4) is 0 Å². The molecule has 156 valence electrons. The van der Waals surface area contributed by atoms with Crippen LogP contribution in [0.3, 0.4) is 0 Å². The summed E-state index contributed by atoms with van der Waals surface area (Å²) in [5.41, 5.74) is 7.20. The molecule has 5 rings (SSSR count). The maximum atomic E-state index is 2.37. The Morgan fingerprint density at radius 2 is 1.57 bits per heavy atom. The molecule has 0 N–H and O–H groups in total. The molecule has 3 heteroatoms. The van der Waals surface area contributed by atoms with E-state index in [1.165, 1.54) is 81.5 Å². The van der Waals surface area contributed by atoms with Crippen LogP contribution in [0.2, 0.25) is 0 Å². The molecule has 0 aromatic heterocycles. The van der Waals surface area contributed by atoms with Crippen LogP contribution >= 0.6 is 0 Å². The summed E-state index contributed by atoms with van der Waals surface area (Å²) in [5.74, 6) is 0. The first kappa shape index (κ1) is 25.4. The molecular weight excluding hydrogens is 486 g/mol. The Labute approximate surface area is 208 Å². The standard InChI is InChI=1S/C21H19.C6H10.2ClH.Zr/c1-13-14(2)20(16-8-4-5-9-16)19-12-17-10-6-7-11-18(17)21(19)15(13)3;1-2-4-6-5-3-1;;;/h4-8,10-12H,9H2,1-3H3;1-5H2;2*1H;/q-1;;;;+2/p-2. The van der Waals surface area contributed by atoms with Crippen molar-refractivity contribution in [3.63, 3.8) is 0 Å². The van der Waals surface area contributed by atoms with Gasteiger partial charge in [0.05, 0.1) is 0 Å². The third kappa shape index (κ3) is 4.95. The third-order valence-electron chi connectivity index (χ3n) is 6.49. The average molecular weight is 516 g/mol. The van der Waals surface area contributed by atoms with Gasteiger partial charge < -0.3 is 24.8 Å². The van der Waals surface area contributed by atoms with Crippen molar-refractivity contribution >= 4 is 30.3 Å². The summed E-state index contributed by atoms with van der Waals surface area (Å²) >= 11 is 1.69. The third-order valence-corrected chi connectivity index (χ3v) is 7.72. The van der Waals surface area contributed by atoms with Crippen LogP contribution in [-0.2, 0) is 24.2 Å². The van der Waals surface area contributed by atoms with Gasteiger partial charge >= 0.3 is 59.5 Å². The molecule has 3 aromatic rings. The van der Waals surface area contributed by atoms with E-state index in [0.29, 0.717) is 0 Å². The van der Waals surface area contributed by atoms with Crippen LogP contribution in [0.5, 0.6) is 0 Å². The van der Waals surface area contributed by atoms with Crippen molar-refractivity contribution in [2.75, 3.05) is 0 Å². The number of hydrogen-bond acceptors (Lipinski definition) is 0. The monoisotopic (exact) mass is 513 g/mol. The summed E-state index contributed by atoms with van der Waals surface area (Å²) in [6, 6.07) is 11.1. The van der Waals surface area contributed by atoms with E-state index < -0.39 is 0 Å². The molecule has 1 saturated carbocycles. The summed E-state index contributed by atoms with van der Waals surface area (Å²) in [6.45, 7) is 6.80. The molecule has 0 aliphatic heterocycles. The van der Waals surface area contributed by atoms with Gasteiger partial charge in [0.25, 0.3) is 0 Å². The van der Waals surface area contributed by atoms with Crippen molar-refractivity contribution in [3.05, 3.63) is 70.8 Å². The van der Waals surface area contributed by atoms with E-state index in [4.69, 9.17) is 0 Å². The van der Waals surface area contributed by atoms with Crippen LogP contribution < -0.4 is 24.8 Å². The summed E-state index contributed by atoms with van der Waals surface area (Å²) in [6.07, 6.45) is 15.1. The summed E-state index contributed by atoms with van der Waals surface area (Å²) in [4.78, 5) is 0. The summed E-state index contributed by atoms with van der Waals surface area (Å²) in [5, 5.41) is 5.61. The normalized spacial score (nSPS) is 15.4. The van der Waals surface area contributed by atoms with Crippen LogP contribution in [0.25, 0.3) is 27.1 Å². The van der Waals surface area contributed by atoms with E-state index in [-0.39, 0.29) is 24.8 Å². The molecule has 0 unspecified atom stereocenters. The molecule has 0 atom stereocenters. The Morgan fingerprint density at radius 3 is 2.17 bits per heavy atom. The second kappa shape index (κ2) is 11.1. The molecule has 0 spiro atoms. The van der Waals surface area contributed by atoms with E-state index in [1.54, 1.807) is 27.4 Å². The van der Waals surface area contributed by atoms with Crippen molar-refractivity contribution in [2.45, 2.75) is 59.3 Å². The zero-order chi connectivity index (χ0) is 19.7. The van der Waals surface area contributed by atoms with Crippen LogP contribution in [0.15, 0.2) is 48.6 Å². The fraction of sp³-hybridized carbons (Fsp3) is 0.333. The first-order valence-corrected chi connectivity index (χ1v) is 11.8. The Kier molecular flexibility index (Phi) is 9.41. The Hall–Kier alpha value is -0.877. The van der Waals surface area contributed by atoms with Crippen LogP contribution in [0.1, 0.15) is 60.8 Å². The van der Waals surface area contributed by atoms with Gasteiger partial charge in [0.1, 0.15) is 0 Å². The number of fused-ring (bicyclic) bond motifs is 3. The minimum absolute atomic E-state index is 0. The Morgan fingerprint density at radius 1 is 0.867 bits per heavy atom. The number of rotatable bonds is 1. The maximum absolute atomic E-state index is 2.37. The molecule has 0 radical (unpaired) electrons. The number of allylic oxidation sites excluding steroid dienone is 4. The molecule has 30 heavy (non-hydrogen) atoms. The number of benzene rings is 2. The van der Waals surface area contributed by atoms with Gasteiger partial charge in [0.15, 0.2) is 0 Å². The molecule has 2 aliphatic rings. The van der Waals surface area contributed by atoms with Crippen LogP contribution in [-0.4, -0.2) is 3.21 Å². The molecule has 0 amide bonds. The SMILES string of the molecule is Cc1c(C)c(C)c2c([cH-]c3ccccc32)c1C1=CC=CC1.[Cl-].[Cl-].[Zr+2]=[C]1CCCCC1. The first-order chi connectivity index (χ1) is 13.6. The molecule has 0 saturated heterocycles. The van der Waals surface area contributed by atoms with Crippen molar-refractivity contribution in [2.24, 2.45) is 0 Å². The van der Waals surface area contributed by atoms with Gasteiger partial charge in [-0.2, -0.15) is 0 Å². The topological polar surface area (TPSA) is 0 Å². The predicted molar refractivity (Wildman–Crippen MR) is 121 cm³/mol. The molecule has 0 heterocycles. The average Bonchev–Trinajstić information content (AvgIpc) is 3.36. The predicted octanol–water partition coefficient (Wildman–Crippen LogP) is 1.66. The van der Waals surface area contributed by atoms with Crippen molar-refractivity contribution < 1.29 is 49.0 Å². The summed E-state index contributed by atoms with van der Waals surface area (Å²) < 4.78 is 1.80. The number of halogens is 2.